The molecule has 1 amide bonds. The van der Waals surface area contributed by atoms with Gasteiger partial charge in [-0.05, 0) is 17.5 Å². The fraction of sp³-hybridized carbons (Fsp3) is 0.429. The second-order valence-electron chi connectivity index (χ2n) is 4.84. The van der Waals surface area contributed by atoms with Crippen molar-refractivity contribution in [2.75, 3.05) is 19.1 Å². The minimum atomic E-state index is -0.807. The van der Waals surface area contributed by atoms with Crippen LogP contribution in [-0.2, 0) is 14.3 Å². The summed E-state index contributed by atoms with van der Waals surface area (Å²) >= 11 is 0. The van der Waals surface area contributed by atoms with E-state index in [9.17, 15) is 9.59 Å². The zero-order valence-electron chi connectivity index (χ0n) is 11.3. The SMILES string of the molecule is COC(=O)[C@@H](N)[C@@H](C)C1C(=O)N(C)c2ccccc21. The Kier molecular flexibility index (Phi) is 3.57. The van der Waals surface area contributed by atoms with E-state index in [0.717, 1.165) is 11.3 Å². The molecule has 3 atom stereocenters. The monoisotopic (exact) mass is 262 g/mol. The van der Waals surface area contributed by atoms with E-state index in [0.29, 0.717) is 0 Å². The molecule has 2 N–H and O–H groups in total. The molecule has 1 aromatic rings. The van der Waals surface area contributed by atoms with Gasteiger partial charge in [-0.2, -0.15) is 0 Å². The van der Waals surface area contributed by atoms with Gasteiger partial charge >= 0.3 is 5.97 Å². The first-order chi connectivity index (χ1) is 8.99. The molecule has 0 saturated heterocycles. The van der Waals surface area contributed by atoms with Crippen molar-refractivity contribution >= 4 is 17.6 Å². The molecule has 19 heavy (non-hydrogen) atoms. The van der Waals surface area contributed by atoms with Crippen LogP contribution < -0.4 is 10.6 Å². The number of fused-ring (bicyclic) bond motifs is 1. The third kappa shape index (κ3) is 2.10. The molecule has 0 radical (unpaired) electrons. The van der Waals surface area contributed by atoms with Crippen molar-refractivity contribution < 1.29 is 14.3 Å². The van der Waals surface area contributed by atoms with Crippen LogP contribution in [0.5, 0.6) is 0 Å². The Hall–Kier alpha value is -1.88. The number of para-hydroxylation sites is 1. The van der Waals surface area contributed by atoms with E-state index in [2.05, 4.69) is 4.74 Å². The number of carbonyl (C=O) groups excluding carboxylic acids is 2. The Bertz CT molecular complexity index is 515. The number of nitrogens with zero attached hydrogens (tertiary/aromatic N) is 1. The fourth-order valence-corrected chi connectivity index (χ4v) is 2.58. The summed E-state index contributed by atoms with van der Waals surface area (Å²) in [7, 11) is 3.03. The Morgan fingerprint density at radius 3 is 2.68 bits per heavy atom. The summed E-state index contributed by atoms with van der Waals surface area (Å²) in [6, 6.07) is 6.76. The highest BCUT2D eigenvalue weighted by atomic mass is 16.5. The van der Waals surface area contributed by atoms with Crippen molar-refractivity contribution in [1.82, 2.24) is 0 Å². The van der Waals surface area contributed by atoms with Crippen molar-refractivity contribution in [2.45, 2.75) is 18.9 Å². The quantitative estimate of drug-likeness (QED) is 0.821. The number of carbonyl (C=O) groups is 2. The van der Waals surface area contributed by atoms with Crippen molar-refractivity contribution in [3.05, 3.63) is 29.8 Å². The van der Waals surface area contributed by atoms with Gasteiger partial charge < -0.3 is 15.4 Å². The highest BCUT2D eigenvalue weighted by Gasteiger charge is 2.42. The third-order valence-electron chi connectivity index (χ3n) is 3.80. The van der Waals surface area contributed by atoms with Crippen molar-refractivity contribution in [1.29, 1.82) is 0 Å². The van der Waals surface area contributed by atoms with E-state index in [1.807, 2.05) is 24.3 Å². The first kappa shape index (κ1) is 13.5. The van der Waals surface area contributed by atoms with Gasteiger partial charge in [0.15, 0.2) is 0 Å². The maximum absolute atomic E-state index is 12.3. The molecule has 1 unspecified atom stereocenters. The van der Waals surface area contributed by atoms with Crippen LogP contribution in [-0.4, -0.2) is 32.1 Å². The summed E-state index contributed by atoms with van der Waals surface area (Å²) < 4.78 is 4.65. The van der Waals surface area contributed by atoms with E-state index in [1.165, 1.54) is 7.11 Å². The number of amides is 1. The van der Waals surface area contributed by atoms with Gasteiger partial charge in [-0.25, -0.2) is 0 Å². The summed E-state index contributed by atoms with van der Waals surface area (Å²) in [5.74, 6) is -1.23. The number of likely N-dealkylation sites (N-methyl/N-ethyl adjacent to an activating group) is 1. The third-order valence-corrected chi connectivity index (χ3v) is 3.80. The van der Waals surface area contributed by atoms with Crippen LogP contribution in [0.4, 0.5) is 5.69 Å². The molecule has 0 fully saturated rings. The Morgan fingerprint density at radius 2 is 2.05 bits per heavy atom. The minimum absolute atomic E-state index is 0.0342. The molecule has 2 rings (SSSR count). The highest BCUT2D eigenvalue weighted by Crippen LogP contribution is 2.41. The van der Waals surface area contributed by atoms with Gasteiger partial charge in [-0.3, -0.25) is 9.59 Å². The maximum Gasteiger partial charge on any atom is 0.322 e. The van der Waals surface area contributed by atoms with E-state index in [1.54, 1.807) is 18.9 Å². The van der Waals surface area contributed by atoms with Crippen molar-refractivity contribution in [3.8, 4) is 0 Å². The number of esters is 1. The molecule has 1 aliphatic rings. The number of ether oxygens (including phenoxy) is 1. The molecule has 0 aromatic heterocycles. The summed E-state index contributed by atoms with van der Waals surface area (Å²) in [5, 5.41) is 0. The number of anilines is 1. The Balaban J connectivity index is 2.35. The molecule has 0 bridgehead atoms. The maximum atomic E-state index is 12.3. The van der Waals surface area contributed by atoms with E-state index < -0.39 is 17.9 Å². The molecule has 5 heteroatoms. The second kappa shape index (κ2) is 5.01. The lowest BCUT2D eigenvalue weighted by Crippen LogP contribution is -2.42. The first-order valence-corrected chi connectivity index (χ1v) is 6.19. The zero-order chi connectivity index (χ0) is 14.2. The number of benzene rings is 1. The number of hydrogen-bond acceptors (Lipinski definition) is 4. The van der Waals surface area contributed by atoms with E-state index in [4.69, 9.17) is 5.73 Å². The van der Waals surface area contributed by atoms with Gasteiger partial charge in [0, 0.05) is 12.7 Å². The highest BCUT2D eigenvalue weighted by molar-refractivity contribution is 6.05. The zero-order valence-corrected chi connectivity index (χ0v) is 11.3. The second-order valence-corrected chi connectivity index (χ2v) is 4.84. The van der Waals surface area contributed by atoms with Crippen LogP contribution in [0.3, 0.4) is 0 Å². The Morgan fingerprint density at radius 1 is 1.42 bits per heavy atom. The van der Waals surface area contributed by atoms with Gasteiger partial charge in [-0.1, -0.05) is 25.1 Å². The summed E-state index contributed by atoms with van der Waals surface area (Å²) in [6.45, 7) is 1.81. The average Bonchev–Trinajstić information content (AvgIpc) is 2.69. The van der Waals surface area contributed by atoms with Crippen molar-refractivity contribution in [2.24, 2.45) is 11.7 Å². The lowest BCUT2D eigenvalue weighted by molar-refractivity contribution is -0.143. The normalized spacial score (nSPS) is 20.9. The van der Waals surface area contributed by atoms with Crippen LogP contribution in [0.2, 0.25) is 0 Å². The fourth-order valence-electron chi connectivity index (χ4n) is 2.58. The standard InChI is InChI=1S/C14H18N2O3/c1-8(12(15)14(18)19-3)11-9-6-4-5-7-10(9)16(2)13(11)17/h4-8,11-12H,15H2,1-3H3/t8-,11?,12-/m0/s1. The van der Waals surface area contributed by atoms with Crippen LogP contribution >= 0.6 is 0 Å². The molecule has 5 nitrogen and oxygen atoms in total. The van der Waals surface area contributed by atoms with Crippen molar-refractivity contribution in [3.63, 3.8) is 0 Å². The summed E-state index contributed by atoms with van der Waals surface area (Å²) in [5.41, 5.74) is 7.67. The lowest BCUT2D eigenvalue weighted by Gasteiger charge is -2.23. The molecule has 0 saturated carbocycles. The molecule has 1 aliphatic heterocycles. The first-order valence-electron chi connectivity index (χ1n) is 6.19. The van der Waals surface area contributed by atoms with Crippen LogP contribution in [0.15, 0.2) is 24.3 Å². The van der Waals surface area contributed by atoms with E-state index >= 15 is 0 Å². The topological polar surface area (TPSA) is 72.6 Å². The van der Waals surface area contributed by atoms with Crippen LogP contribution in [0.25, 0.3) is 0 Å². The molecule has 1 aromatic carbocycles. The summed E-state index contributed by atoms with van der Waals surface area (Å²) in [6.07, 6.45) is 0. The molecule has 1 heterocycles. The largest absolute Gasteiger partial charge is 0.468 e. The molecule has 102 valence electrons. The van der Waals surface area contributed by atoms with Crippen LogP contribution in [0, 0.1) is 5.92 Å². The van der Waals surface area contributed by atoms with Crippen LogP contribution in [0.1, 0.15) is 18.4 Å². The predicted molar refractivity (Wildman–Crippen MR) is 71.7 cm³/mol. The smallest absolute Gasteiger partial charge is 0.322 e. The van der Waals surface area contributed by atoms with Gasteiger partial charge in [-0.15, -0.1) is 0 Å². The number of nitrogens with two attached hydrogens (primary N) is 1. The van der Waals surface area contributed by atoms with Gasteiger partial charge in [0.1, 0.15) is 6.04 Å². The average molecular weight is 262 g/mol. The number of rotatable bonds is 3. The minimum Gasteiger partial charge on any atom is -0.468 e. The lowest BCUT2D eigenvalue weighted by atomic mass is 9.83. The number of hydrogen-bond donors (Lipinski definition) is 1. The summed E-state index contributed by atoms with van der Waals surface area (Å²) in [4.78, 5) is 25.5. The molecule has 0 spiro atoms. The molecular formula is C14H18N2O3. The molecule has 0 aliphatic carbocycles. The van der Waals surface area contributed by atoms with Gasteiger partial charge in [0.25, 0.3) is 0 Å². The predicted octanol–water partition coefficient (Wildman–Crippen LogP) is 0.883. The van der Waals surface area contributed by atoms with Gasteiger partial charge in [0.2, 0.25) is 5.91 Å². The molecular weight excluding hydrogens is 244 g/mol. The Labute approximate surface area is 112 Å². The van der Waals surface area contributed by atoms with Gasteiger partial charge in [0.05, 0.1) is 13.0 Å². The number of methoxy groups -OCH3 is 1. The van der Waals surface area contributed by atoms with E-state index in [-0.39, 0.29) is 11.8 Å².